The molecule has 34 heavy (non-hydrogen) atoms. The van der Waals surface area contributed by atoms with Crippen molar-refractivity contribution in [1.29, 1.82) is 0 Å². The summed E-state index contributed by atoms with van der Waals surface area (Å²) in [6.07, 6.45) is 0.836. The van der Waals surface area contributed by atoms with Crippen LogP contribution >= 0.6 is 0 Å². The molecule has 0 N–H and O–H groups in total. The lowest BCUT2D eigenvalue weighted by Gasteiger charge is -2.19. The molecule has 2 heterocycles. The van der Waals surface area contributed by atoms with Gasteiger partial charge in [0.05, 0.1) is 17.7 Å². The Morgan fingerprint density at radius 3 is 2.35 bits per heavy atom. The van der Waals surface area contributed by atoms with Gasteiger partial charge < -0.3 is 23.7 Å². The van der Waals surface area contributed by atoms with Gasteiger partial charge in [-0.25, -0.2) is 9.59 Å². The molecular formula is C27H26N2O5. The van der Waals surface area contributed by atoms with Crippen LogP contribution in [0, 0.1) is 10.6 Å². The van der Waals surface area contributed by atoms with Gasteiger partial charge in [-0.3, -0.25) is 0 Å². The molecule has 2 aromatic carbocycles. The summed E-state index contributed by atoms with van der Waals surface area (Å²) in [5, 5.41) is 5.48. The highest BCUT2D eigenvalue weighted by Crippen LogP contribution is 2.36. The van der Waals surface area contributed by atoms with E-state index in [4.69, 9.17) is 14.2 Å². The second-order valence-electron chi connectivity index (χ2n) is 8.35. The maximum Gasteiger partial charge on any atom is 0.231 e. The maximum absolute atomic E-state index is 12.4. The lowest BCUT2D eigenvalue weighted by Crippen LogP contribution is -2.29. The Labute approximate surface area is 196 Å². The average Bonchev–Trinajstić information content (AvgIpc) is 3.46. The van der Waals surface area contributed by atoms with E-state index >= 15 is 0 Å². The molecule has 0 saturated carbocycles. The molecule has 5 rings (SSSR count). The molecule has 3 aliphatic rings. The SMILES string of the molecule is CCN(CC)CCCn1c(=C=O)c2cc(OC)ccc2c2c(=C=O)c3cc4c(cc3c1=2)OCO4. The molecule has 0 amide bonds. The van der Waals surface area contributed by atoms with E-state index < -0.39 is 0 Å². The Bertz CT molecular complexity index is 1640. The Morgan fingerprint density at radius 1 is 0.971 bits per heavy atom. The molecule has 0 fully saturated rings. The number of hydrogen-bond acceptors (Lipinski definition) is 6. The van der Waals surface area contributed by atoms with Crippen LogP contribution in [0.25, 0.3) is 21.5 Å². The van der Waals surface area contributed by atoms with Crippen LogP contribution in [-0.4, -0.2) is 54.9 Å². The second kappa shape index (κ2) is 8.88. The molecule has 0 spiro atoms. The fourth-order valence-electron chi connectivity index (χ4n) is 5.03. The van der Waals surface area contributed by atoms with Crippen LogP contribution in [0.1, 0.15) is 20.3 Å². The fraction of sp³-hybridized carbons (Fsp3) is 0.333. The normalized spacial score (nSPS) is 12.6. The minimum Gasteiger partial charge on any atom is -0.497 e. The summed E-state index contributed by atoms with van der Waals surface area (Å²) in [5.41, 5.74) is 0. The summed E-state index contributed by atoms with van der Waals surface area (Å²) < 4.78 is 18.6. The summed E-state index contributed by atoms with van der Waals surface area (Å²) in [4.78, 5) is 27.0. The van der Waals surface area contributed by atoms with Crippen LogP contribution in [0.4, 0.5) is 0 Å². The molecule has 0 atom stereocenters. The molecule has 7 heteroatoms. The highest BCUT2D eigenvalue weighted by molar-refractivity contribution is 5.96. The second-order valence-corrected chi connectivity index (χ2v) is 8.35. The number of aromatic nitrogens is 1. The fourth-order valence-corrected chi connectivity index (χ4v) is 5.03. The number of ether oxygens (including phenoxy) is 3. The smallest absolute Gasteiger partial charge is 0.231 e. The van der Waals surface area contributed by atoms with Gasteiger partial charge in [0.2, 0.25) is 6.79 Å². The van der Waals surface area contributed by atoms with Crippen LogP contribution in [0.15, 0.2) is 30.3 Å². The molecule has 0 saturated heterocycles. The highest BCUT2D eigenvalue weighted by Gasteiger charge is 2.20. The van der Waals surface area contributed by atoms with Gasteiger partial charge in [0.25, 0.3) is 0 Å². The highest BCUT2D eigenvalue weighted by atomic mass is 16.7. The zero-order valence-corrected chi connectivity index (χ0v) is 19.6. The zero-order chi connectivity index (χ0) is 23.8. The van der Waals surface area contributed by atoms with Crippen LogP contribution in [0.3, 0.4) is 0 Å². The van der Waals surface area contributed by atoms with E-state index in [9.17, 15) is 9.59 Å². The molecular weight excluding hydrogens is 432 g/mol. The number of methoxy groups -OCH3 is 1. The van der Waals surface area contributed by atoms with E-state index in [-0.39, 0.29) is 6.79 Å². The van der Waals surface area contributed by atoms with Crippen molar-refractivity contribution in [3.8, 4) is 17.2 Å². The first-order valence-corrected chi connectivity index (χ1v) is 11.5. The van der Waals surface area contributed by atoms with Crippen molar-refractivity contribution in [2.24, 2.45) is 0 Å². The van der Waals surface area contributed by atoms with Gasteiger partial charge in [0.1, 0.15) is 17.0 Å². The van der Waals surface area contributed by atoms with Crippen molar-refractivity contribution in [1.82, 2.24) is 9.47 Å². The molecule has 2 aliphatic heterocycles. The van der Waals surface area contributed by atoms with E-state index in [0.717, 1.165) is 52.8 Å². The summed E-state index contributed by atoms with van der Waals surface area (Å²) >= 11 is 0. The van der Waals surface area contributed by atoms with Crippen LogP contribution in [-0.2, 0) is 16.1 Å². The number of fused-ring (bicyclic) bond motifs is 5. The molecule has 7 nitrogen and oxygen atoms in total. The summed E-state index contributed by atoms with van der Waals surface area (Å²) in [6.45, 7) is 7.84. The molecule has 174 valence electrons. The van der Waals surface area contributed by atoms with Crippen LogP contribution < -0.4 is 24.8 Å². The topological polar surface area (TPSA) is 70.0 Å². The maximum atomic E-state index is 12.4. The molecule has 0 radical (unpaired) electrons. The molecule has 1 aliphatic carbocycles. The van der Waals surface area contributed by atoms with Gasteiger partial charge in [-0.05, 0) is 61.8 Å². The first-order chi connectivity index (χ1) is 16.6. The Hall–Kier alpha value is -3.76. The van der Waals surface area contributed by atoms with Crippen molar-refractivity contribution < 1.29 is 23.8 Å². The van der Waals surface area contributed by atoms with E-state index in [1.165, 1.54) is 0 Å². The molecule has 0 aromatic heterocycles. The van der Waals surface area contributed by atoms with E-state index in [0.29, 0.717) is 39.7 Å². The number of rotatable bonds is 7. The first kappa shape index (κ1) is 22.1. The van der Waals surface area contributed by atoms with Gasteiger partial charge in [-0.1, -0.05) is 13.8 Å². The lowest BCUT2D eigenvalue weighted by atomic mass is 10.1. The molecule has 0 bridgehead atoms. The Kier molecular flexibility index (Phi) is 5.76. The zero-order valence-electron chi connectivity index (χ0n) is 19.6. The minimum absolute atomic E-state index is 0.139. The quantitative estimate of drug-likeness (QED) is 0.422. The molecule has 2 aromatic rings. The van der Waals surface area contributed by atoms with Crippen molar-refractivity contribution >= 4 is 33.4 Å². The van der Waals surface area contributed by atoms with Crippen LogP contribution in [0.2, 0.25) is 0 Å². The monoisotopic (exact) mass is 458 g/mol. The van der Waals surface area contributed by atoms with E-state index in [2.05, 4.69) is 30.6 Å². The number of carbonyl (C=O) groups excluding carboxylic acids is 2. The van der Waals surface area contributed by atoms with Crippen molar-refractivity contribution in [3.63, 3.8) is 0 Å². The first-order valence-electron chi connectivity index (χ1n) is 11.5. The lowest BCUT2D eigenvalue weighted by molar-refractivity contribution is 0.174. The summed E-state index contributed by atoms with van der Waals surface area (Å²) in [6, 6.07) is 9.27. The number of benzene rings is 2. The number of hydrogen-bond donors (Lipinski definition) is 0. The Morgan fingerprint density at radius 2 is 1.71 bits per heavy atom. The van der Waals surface area contributed by atoms with Gasteiger partial charge in [0, 0.05) is 27.9 Å². The van der Waals surface area contributed by atoms with Crippen molar-refractivity contribution in [2.75, 3.05) is 33.5 Å². The largest absolute Gasteiger partial charge is 0.497 e. The third-order valence-electron chi connectivity index (χ3n) is 6.76. The van der Waals surface area contributed by atoms with E-state index in [1.807, 2.05) is 34.9 Å². The third-order valence-corrected chi connectivity index (χ3v) is 6.76. The third kappa shape index (κ3) is 3.34. The van der Waals surface area contributed by atoms with Crippen molar-refractivity contribution in [2.45, 2.75) is 26.8 Å². The Balaban J connectivity index is 1.93. The van der Waals surface area contributed by atoms with Crippen LogP contribution in [0.5, 0.6) is 17.2 Å². The summed E-state index contributed by atoms with van der Waals surface area (Å²) in [7, 11) is 1.59. The average molecular weight is 459 g/mol. The van der Waals surface area contributed by atoms with Gasteiger partial charge in [0.15, 0.2) is 17.4 Å². The number of nitrogens with zero attached hydrogens (tertiary/aromatic N) is 2. The molecule has 0 unspecified atom stereocenters. The van der Waals surface area contributed by atoms with Crippen molar-refractivity contribution in [3.05, 3.63) is 51.5 Å². The van der Waals surface area contributed by atoms with Gasteiger partial charge in [-0.15, -0.1) is 0 Å². The minimum atomic E-state index is 0.139. The summed E-state index contributed by atoms with van der Waals surface area (Å²) in [5.74, 6) is 6.20. The predicted octanol–water partition coefficient (Wildman–Crippen LogP) is 1.99. The van der Waals surface area contributed by atoms with Gasteiger partial charge >= 0.3 is 0 Å². The standard InChI is InChI=1S/C27H26N2O5/c1-4-28(5-2)9-6-10-29-23(15-31)20-11-17(32-3)7-8-18(20)26-22(14-30)19-12-24-25(34-16-33-24)13-21(19)27(26)29/h7-8,11-13H,4-6,9-10,16H2,1-3H3. The van der Waals surface area contributed by atoms with Gasteiger partial charge in [-0.2, -0.15) is 0 Å². The predicted molar refractivity (Wildman–Crippen MR) is 129 cm³/mol. The van der Waals surface area contributed by atoms with E-state index in [1.54, 1.807) is 7.11 Å².